The lowest BCUT2D eigenvalue weighted by molar-refractivity contribution is -0.121. The Balaban J connectivity index is 2.66. The van der Waals surface area contributed by atoms with Gasteiger partial charge in [-0.15, -0.1) is 0 Å². The van der Waals surface area contributed by atoms with Crippen molar-refractivity contribution in [2.45, 2.75) is 33.7 Å². The highest BCUT2D eigenvalue weighted by Crippen LogP contribution is 2.10. The summed E-state index contributed by atoms with van der Waals surface area (Å²) >= 11 is 0. The summed E-state index contributed by atoms with van der Waals surface area (Å²) in [7, 11) is 0. The molecular weight excluding hydrogens is 240 g/mol. The van der Waals surface area contributed by atoms with Gasteiger partial charge in [0.15, 0.2) is 0 Å². The highest BCUT2D eigenvalue weighted by atomic mass is 16.2. The van der Waals surface area contributed by atoms with Crippen molar-refractivity contribution in [2.75, 3.05) is 11.9 Å². The number of aryl methyl sites for hydroxylation is 1. The first-order chi connectivity index (χ1) is 8.92. The molecule has 0 bridgehead atoms. The van der Waals surface area contributed by atoms with E-state index in [2.05, 4.69) is 21.7 Å². The zero-order valence-corrected chi connectivity index (χ0v) is 11.8. The lowest BCUT2D eigenvalue weighted by Crippen LogP contribution is -2.39. The number of nitriles is 1. The third kappa shape index (κ3) is 4.96. The van der Waals surface area contributed by atoms with E-state index in [1.54, 1.807) is 19.1 Å². The molecule has 0 aliphatic carbocycles. The van der Waals surface area contributed by atoms with Gasteiger partial charge in [0.05, 0.1) is 11.6 Å². The quantitative estimate of drug-likeness (QED) is 0.846. The van der Waals surface area contributed by atoms with Gasteiger partial charge in [-0.05, 0) is 31.9 Å². The van der Waals surface area contributed by atoms with Crippen LogP contribution in [-0.4, -0.2) is 23.5 Å². The van der Waals surface area contributed by atoms with E-state index in [1.165, 1.54) is 0 Å². The van der Waals surface area contributed by atoms with E-state index in [1.807, 2.05) is 20.8 Å². The molecule has 1 rings (SSSR count). The van der Waals surface area contributed by atoms with Crippen LogP contribution >= 0.6 is 0 Å². The molecular formula is C14H20N4O. The van der Waals surface area contributed by atoms with Crippen molar-refractivity contribution in [1.82, 2.24) is 10.3 Å². The summed E-state index contributed by atoms with van der Waals surface area (Å²) in [5.74, 6) is 0.887. The molecule has 0 radical (unpaired) electrons. The van der Waals surface area contributed by atoms with E-state index < -0.39 is 0 Å². The van der Waals surface area contributed by atoms with Crippen molar-refractivity contribution in [3.63, 3.8) is 0 Å². The molecule has 0 saturated carbocycles. The van der Waals surface area contributed by atoms with Gasteiger partial charge in [0, 0.05) is 12.2 Å². The van der Waals surface area contributed by atoms with Crippen LogP contribution in [0.25, 0.3) is 0 Å². The largest absolute Gasteiger partial charge is 0.359 e. The molecule has 1 atom stereocenters. The van der Waals surface area contributed by atoms with Crippen molar-refractivity contribution in [2.24, 2.45) is 5.92 Å². The summed E-state index contributed by atoms with van der Waals surface area (Å²) in [5, 5.41) is 14.7. The van der Waals surface area contributed by atoms with Crippen molar-refractivity contribution < 1.29 is 4.79 Å². The van der Waals surface area contributed by atoms with Crippen molar-refractivity contribution in [3.05, 3.63) is 23.4 Å². The summed E-state index contributed by atoms with van der Waals surface area (Å²) in [6.45, 7) is 8.32. The fourth-order valence-electron chi connectivity index (χ4n) is 1.55. The molecule has 5 nitrogen and oxygen atoms in total. The molecule has 2 N–H and O–H groups in total. The number of nitrogens with zero attached hydrogens (tertiary/aromatic N) is 2. The Hall–Kier alpha value is -2.09. The van der Waals surface area contributed by atoms with E-state index in [4.69, 9.17) is 5.26 Å². The van der Waals surface area contributed by atoms with Crippen LogP contribution in [0, 0.1) is 24.2 Å². The van der Waals surface area contributed by atoms with Crippen LogP contribution in [-0.2, 0) is 4.79 Å². The second-order valence-corrected chi connectivity index (χ2v) is 5.00. The van der Waals surface area contributed by atoms with E-state index in [-0.39, 0.29) is 11.9 Å². The van der Waals surface area contributed by atoms with Crippen molar-refractivity contribution in [3.8, 4) is 6.07 Å². The minimum atomic E-state index is -0.389. The molecule has 0 aliphatic heterocycles. The summed E-state index contributed by atoms with van der Waals surface area (Å²) in [6, 6.07) is 5.02. The predicted octanol–water partition coefficient (Wildman–Crippen LogP) is 1.83. The maximum atomic E-state index is 11.8. The average Bonchev–Trinajstić information content (AvgIpc) is 2.34. The molecule has 0 saturated heterocycles. The molecule has 1 aromatic rings. The van der Waals surface area contributed by atoms with Gasteiger partial charge in [-0.2, -0.15) is 5.26 Å². The molecule has 1 heterocycles. The molecule has 1 amide bonds. The predicted molar refractivity (Wildman–Crippen MR) is 74.6 cm³/mol. The van der Waals surface area contributed by atoms with E-state index in [9.17, 15) is 4.79 Å². The van der Waals surface area contributed by atoms with Crippen molar-refractivity contribution in [1.29, 1.82) is 5.26 Å². The van der Waals surface area contributed by atoms with Crippen LogP contribution in [0.1, 0.15) is 32.0 Å². The first-order valence-electron chi connectivity index (χ1n) is 6.35. The maximum absolute atomic E-state index is 11.8. The Morgan fingerprint density at radius 1 is 1.42 bits per heavy atom. The second-order valence-electron chi connectivity index (χ2n) is 5.00. The number of hydrogen-bond donors (Lipinski definition) is 2. The molecule has 0 aromatic carbocycles. The van der Waals surface area contributed by atoms with Gasteiger partial charge in [-0.25, -0.2) is 4.98 Å². The van der Waals surface area contributed by atoms with Gasteiger partial charge in [0.1, 0.15) is 11.9 Å². The molecule has 0 aliphatic rings. The third-order valence-electron chi connectivity index (χ3n) is 2.52. The van der Waals surface area contributed by atoms with E-state index >= 15 is 0 Å². The van der Waals surface area contributed by atoms with Gasteiger partial charge in [-0.1, -0.05) is 13.8 Å². The minimum Gasteiger partial charge on any atom is -0.359 e. The van der Waals surface area contributed by atoms with Gasteiger partial charge in [-0.3, -0.25) is 4.79 Å². The van der Waals surface area contributed by atoms with Crippen molar-refractivity contribution >= 4 is 11.7 Å². The molecule has 102 valence electrons. The first-order valence-corrected chi connectivity index (χ1v) is 6.35. The number of pyridine rings is 1. The second kappa shape index (κ2) is 6.74. The van der Waals surface area contributed by atoms with Crippen LogP contribution in [0.4, 0.5) is 5.82 Å². The lowest BCUT2D eigenvalue weighted by Gasteiger charge is -2.16. The highest BCUT2D eigenvalue weighted by molar-refractivity contribution is 5.83. The number of hydrogen-bond acceptors (Lipinski definition) is 4. The average molecular weight is 260 g/mol. The van der Waals surface area contributed by atoms with Crippen LogP contribution in [0.15, 0.2) is 12.1 Å². The van der Waals surface area contributed by atoms with Crippen LogP contribution in [0.3, 0.4) is 0 Å². The number of carbonyl (C=O) groups excluding carboxylic acids is 1. The highest BCUT2D eigenvalue weighted by Gasteiger charge is 2.13. The third-order valence-corrected chi connectivity index (χ3v) is 2.52. The van der Waals surface area contributed by atoms with Gasteiger partial charge >= 0.3 is 0 Å². The topological polar surface area (TPSA) is 77.8 Å². The first kappa shape index (κ1) is 15.0. The van der Waals surface area contributed by atoms with Crippen LogP contribution in [0.2, 0.25) is 0 Å². The van der Waals surface area contributed by atoms with Crippen LogP contribution < -0.4 is 10.6 Å². The Bertz CT molecular complexity index is 491. The zero-order valence-electron chi connectivity index (χ0n) is 11.8. The normalized spacial score (nSPS) is 11.8. The number of rotatable bonds is 5. The van der Waals surface area contributed by atoms with Gasteiger partial charge in [0.25, 0.3) is 0 Å². The summed E-state index contributed by atoms with van der Waals surface area (Å²) < 4.78 is 0. The standard InChI is InChI=1S/C14H20N4O/c1-9(2)8-16-14(19)11(4)18-13-6-12(7-15)5-10(3)17-13/h5-6,9,11H,8H2,1-4H3,(H,16,19)(H,17,18). The monoisotopic (exact) mass is 260 g/mol. The Labute approximate surface area is 114 Å². The fourth-order valence-corrected chi connectivity index (χ4v) is 1.55. The number of anilines is 1. The maximum Gasteiger partial charge on any atom is 0.242 e. The summed E-state index contributed by atoms with van der Waals surface area (Å²) in [6.07, 6.45) is 0. The van der Waals surface area contributed by atoms with E-state index in [0.717, 1.165) is 5.69 Å². The molecule has 19 heavy (non-hydrogen) atoms. The summed E-state index contributed by atoms with van der Waals surface area (Å²) in [5.41, 5.74) is 1.28. The number of nitrogens with one attached hydrogen (secondary N) is 2. The number of amides is 1. The molecule has 0 spiro atoms. The SMILES string of the molecule is Cc1cc(C#N)cc(NC(C)C(=O)NCC(C)C)n1. The fraction of sp³-hybridized carbons (Fsp3) is 0.500. The van der Waals surface area contributed by atoms with E-state index in [0.29, 0.717) is 23.8 Å². The number of aromatic nitrogens is 1. The Morgan fingerprint density at radius 3 is 2.68 bits per heavy atom. The van der Waals surface area contributed by atoms with Gasteiger partial charge < -0.3 is 10.6 Å². The Morgan fingerprint density at radius 2 is 2.11 bits per heavy atom. The van der Waals surface area contributed by atoms with Gasteiger partial charge in [0.2, 0.25) is 5.91 Å². The molecule has 5 heteroatoms. The number of carbonyl (C=O) groups is 1. The molecule has 0 fully saturated rings. The lowest BCUT2D eigenvalue weighted by atomic mass is 10.2. The molecule has 1 unspecified atom stereocenters. The van der Waals surface area contributed by atoms with Crippen LogP contribution in [0.5, 0.6) is 0 Å². The summed E-state index contributed by atoms with van der Waals surface area (Å²) in [4.78, 5) is 16.1. The smallest absolute Gasteiger partial charge is 0.242 e. The minimum absolute atomic E-state index is 0.0736. The molecule has 1 aromatic heterocycles. The Kier molecular flexibility index (Phi) is 5.31. The zero-order chi connectivity index (χ0) is 14.4.